The van der Waals surface area contributed by atoms with Gasteiger partial charge in [0.05, 0.1) is 0 Å². The molecule has 0 aliphatic rings. The molecule has 1 rings (SSSR count). The van der Waals surface area contributed by atoms with Gasteiger partial charge in [0.15, 0.2) is 6.10 Å². The lowest BCUT2D eigenvalue weighted by Crippen LogP contribution is -2.26. The summed E-state index contributed by atoms with van der Waals surface area (Å²) in [6, 6.07) is 7.43. The summed E-state index contributed by atoms with van der Waals surface area (Å²) in [5.74, 6) is -0.311. The molecule has 1 aromatic rings. The van der Waals surface area contributed by atoms with Crippen LogP contribution in [0.15, 0.2) is 24.3 Å². The van der Waals surface area contributed by atoms with Crippen LogP contribution in [0.5, 0.6) is 5.75 Å². The van der Waals surface area contributed by atoms with Crippen molar-refractivity contribution in [1.29, 1.82) is 0 Å². The standard InChI is InChI=1S/C14H21NO3/c1-2-3-4-13(14(16)17)18-12-7-5-11(6-8-12)9-10-15/h5-8,13H,2-4,9-10,15H2,1H3,(H,16,17). The summed E-state index contributed by atoms with van der Waals surface area (Å²) >= 11 is 0. The van der Waals surface area contributed by atoms with Gasteiger partial charge in [-0.15, -0.1) is 0 Å². The number of benzene rings is 1. The summed E-state index contributed by atoms with van der Waals surface area (Å²) in [7, 11) is 0. The average molecular weight is 251 g/mol. The number of carbonyl (C=O) groups is 1. The molecule has 1 aromatic carbocycles. The van der Waals surface area contributed by atoms with E-state index in [9.17, 15) is 4.79 Å². The Bertz CT molecular complexity index is 362. The first-order valence-electron chi connectivity index (χ1n) is 6.35. The van der Waals surface area contributed by atoms with Crippen LogP contribution in [0.4, 0.5) is 0 Å². The highest BCUT2D eigenvalue weighted by atomic mass is 16.5. The highest BCUT2D eigenvalue weighted by Crippen LogP contribution is 2.16. The van der Waals surface area contributed by atoms with E-state index >= 15 is 0 Å². The summed E-state index contributed by atoms with van der Waals surface area (Å²) in [6.45, 7) is 2.63. The SMILES string of the molecule is CCCCC(Oc1ccc(CCN)cc1)C(=O)O. The predicted octanol–water partition coefficient (Wildman–Crippen LogP) is 2.21. The highest BCUT2D eigenvalue weighted by molar-refractivity contribution is 5.72. The zero-order chi connectivity index (χ0) is 13.4. The van der Waals surface area contributed by atoms with Crippen molar-refractivity contribution in [3.63, 3.8) is 0 Å². The van der Waals surface area contributed by atoms with E-state index in [1.807, 2.05) is 19.1 Å². The lowest BCUT2D eigenvalue weighted by Gasteiger charge is -2.15. The Balaban J connectivity index is 2.60. The van der Waals surface area contributed by atoms with Gasteiger partial charge in [-0.1, -0.05) is 25.5 Å². The summed E-state index contributed by atoms with van der Waals surface area (Å²) < 4.78 is 5.48. The van der Waals surface area contributed by atoms with Crippen LogP contribution >= 0.6 is 0 Å². The minimum Gasteiger partial charge on any atom is -0.479 e. The lowest BCUT2D eigenvalue weighted by atomic mass is 10.1. The number of hydrogen-bond donors (Lipinski definition) is 2. The van der Waals surface area contributed by atoms with Gasteiger partial charge in [-0.25, -0.2) is 4.79 Å². The van der Waals surface area contributed by atoms with E-state index in [-0.39, 0.29) is 0 Å². The normalized spacial score (nSPS) is 12.1. The van der Waals surface area contributed by atoms with Crippen LogP contribution in [-0.4, -0.2) is 23.7 Å². The Morgan fingerprint density at radius 1 is 1.39 bits per heavy atom. The van der Waals surface area contributed by atoms with Crippen LogP contribution in [0.1, 0.15) is 31.7 Å². The van der Waals surface area contributed by atoms with Crippen LogP contribution in [0.2, 0.25) is 0 Å². The van der Waals surface area contributed by atoms with E-state index in [0.29, 0.717) is 18.7 Å². The van der Waals surface area contributed by atoms with Gasteiger partial charge >= 0.3 is 5.97 Å². The van der Waals surface area contributed by atoms with E-state index < -0.39 is 12.1 Å². The molecule has 3 N–H and O–H groups in total. The molecule has 0 fully saturated rings. The van der Waals surface area contributed by atoms with Crippen LogP contribution in [0.25, 0.3) is 0 Å². The first kappa shape index (κ1) is 14.5. The molecule has 100 valence electrons. The number of nitrogens with two attached hydrogens (primary N) is 1. The summed E-state index contributed by atoms with van der Waals surface area (Å²) in [5, 5.41) is 9.06. The summed E-state index contributed by atoms with van der Waals surface area (Å²) in [5.41, 5.74) is 6.59. The largest absolute Gasteiger partial charge is 0.479 e. The van der Waals surface area contributed by atoms with Crippen molar-refractivity contribution >= 4 is 5.97 Å². The van der Waals surface area contributed by atoms with Crippen molar-refractivity contribution in [3.8, 4) is 5.75 Å². The van der Waals surface area contributed by atoms with Gasteiger partial charge in [0.25, 0.3) is 0 Å². The zero-order valence-electron chi connectivity index (χ0n) is 10.8. The molecule has 1 unspecified atom stereocenters. The second-order valence-corrected chi connectivity index (χ2v) is 4.27. The van der Waals surface area contributed by atoms with Crippen LogP contribution < -0.4 is 10.5 Å². The molecule has 0 saturated carbocycles. The van der Waals surface area contributed by atoms with Crippen molar-refractivity contribution < 1.29 is 14.6 Å². The van der Waals surface area contributed by atoms with E-state index in [1.165, 1.54) is 0 Å². The molecule has 4 heteroatoms. The summed E-state index contributed by atoms with van der Waals surface area (Å²) in [6.07, 6.45) is 2.41. The predicted molar refractivity (Wildman–Crippen MR) is 70.8 cm³/mol. The van der Waals surface area contributed by atoms with Gasteiger partial charge in [0.2, 0.25) is 0 Å². The monoisotopic (exact) mass is 251 g/mol. The van der Waals surface area contributed by atoms with Crippen LogP contribution in [0.3, 0.4) is 0 Å². The molecule has 0 saturated heterocycles. The van der Waals surface area contributed by atoms with Crippen molar-refractivity contribution in [3.05, 3.63) is 29.8 Å². The molecule has 0 radical (unpaired) electrons. The number of hydrogen-bond acceptors (Lipinski definition) is 3. The molecule has 18 heavy (non-hydrogen) atoms. The Morgan fingerprint density at radius 2 is 2.06 bits per heavy atom. The molecule has 1 atom stereocenters. The number of carboxylic acids is 1. The number of unbranched alkanes of at least 4 members (excludes halogenated alkanes) is 1. The maximum atomic E-state index is 11.0. The molecular formula is C14H21NO3. The molecule has 0 aliphatic carbocycles. The molecule has 0 aromatic heterocycles. The lowest BCUT2D eigenvalue weighted by molar-refractivity contribution is -0.145. The fraction of sp³-hybridized carbons (Fsp3) is 0.500. The van der Waals surface area contributed by atoms with Crippen LogP contribution in [-0.2, 0) is 11.2 Å². The summed E-state index contributed by atoms with van der Waals surface area (Å²) in [4.78, 5) is 11.0. The molecule has 0 aliphatic heterocycles. The Kier molecular flexibility index (Phi) is 6.22. The second-order valence-electron chi connectivity index (χ2n) is 4.27. The van der Waals surface area contributed by atoms with Gasteiger partial charge in [-0.05, 0) is 43.5 Å². The maximum absolute atomic E-state index is 11.0. The van der Waals surface area contributed by atoms with Gasteiger partial charge in [0.1, 0.15) is 5.75 Å². The van der Waals surface area contributed by atoms with Gasteiger partial charge in [-0.3, -0.25) is 0 Å². The Labute approximate surface area is 108 Å². The van der Waals surface area contributed by atoms with Crippen molar-refractivity contribution in [2.24, 2.45) is 5.73 Å². The number of rotatable bonds is 8. The van der Waals surface area contributed by atoms with Gasteiger partial charge in [-0.2, -0.15) is 0 Å². The first-order valence-corrected chi connectivity index (χ1v) is 6.35. The third-order valence-corrected chi connectivity index (χ3v) is 2.73. The Morgan fingerprint density at radius 3 is 2.56 bits per heavy atom. The van der Waals surface area contributed by atoms with Crippen LogP contribution in [0, 0.1) is 0 Å². The molecule has 4 nitrogen and oxygen atoms in total. The van der Waals surface area contributed by atoms with Crippen molar-refractivity contribution in [2.75, 3.05) is 6.54 Å². The van der Waals surface area contributed by atoms with E-state index in [1.54, 1.807) is 12.1 Å². The second kappa shape index (κ2) is 7.71. The smallest absolute Gasteiger partial charge is 0.344 e. The average Bonchev–Trinajstić information content (AvgIpc) is 2.36. The van der Waals surface area contributed by atoms with E-state index in [2.05, 4.69) is 0 Å². The molecular weight excluding hydrogens is 230 g/mol. The molecule has 0 spiro atoms. The first-order chi connectivity index (χ1) is 8.67. The van der Waals surface area contributed by atoms with Gasteiger partial charge < -0.3 is 15.6 Å². The fourth-order valence-electron chi connectivity index (χ4n) is 1.69. The van der Waals surface area contributed by atoms with Crippen molar-refractivity contribution in [1.82, 2.24) is 0 Å². The molecule has 0 amide bonds. The number of ether oxygens (including phenoxy) is 1. The Hall–Kier alpha value is -1.55. The minimum absolute atomic E-state index is 0.538. The quantitative estimate of drug-likeness (QED) is 0.743. The number of aliphatic carboxylic acids is 1. The fourth-order valence-corrected chi connectivity index (χ4v) is 1.69. The molecule has 0 heterocycles. The highest BCUT2D eigenvalue weighted by Gasteiger charge is 2.18. The third-order valence-electron chi connectivity index (χ3n) is 2.73. The maximum Gasteiger partial charge on any atom is 0.344 e. The third kappa shape index (κ3) is 4.75. The topological polar surface area (TPSA) is 72.5 Å². The zero-order valence-corrected chi connectivity index (χ0v) is 10.8. The van der Waals surface area contributed by atoms with Gasteiger partial charge in [0, 0.05) is 0 Å². The minimum atomic E-state index is -0.908. The number of carboxylic acid groups (broad SMARTS) is 1. The van der Waals surface area contributed by atoms with E-state index in [0.717, 1.165) is 24.8 Å². The molecule has 0 bridgehead atoms. The van der Waals surface area contributed by atoms with E-state index in [4.69, 9.17) is 15.6 Å². The van der Waals surface area contributed by atoms with Crippen molar-refractivity contribution in [2.45, 2.75) is 38.7 Å².